The lowest BCUT2D eigenvalue weighted by molar-refractivity contribution is -0.132. The molecule has 0 radical (unpaired) electrons. The van der Waals surface area contributed by atoms with Crippen LogP contribution in [0.1, 0.15) is 70.1 Å². The molecule has 1 aromatic heterocycles. The van der Waals surface area contributed by atoms with Gasteiger partial charge in [0, 0.05) is 38.4 Å². The molecule has 0 saturated heterocycles. The summed E-state index contributed by atoms with van der Waals surface area (Å²) in [7, 11) is -2.32. The van der Waals surface area contributed by atoms with Gasteiger partial charge in [-0.25, -0.2) is 17.7 Å². The largest absolute Gasteiger partial charge is 0.389 e. The molecule has 1 saturated carbocycles. The van der Waals surface area contributed by atoms with Gasteiger partial charge in [-0.15, -0.1) is 23.7 Å². The summed E-state index contributed by atoms with van der Waals surface area (Å²) in [5, 5.41) is 29.3. The fourth-order valence-corrected chi connectivity index (χ4v) is 8.34. The number of aliphatic hydroxyl groups excluding tert-OH is 2. The van der Waals surface area contributed by atoms with E-state index in [0.717, 1.165) is 50.8 Å². The first kappa shape index (κ1) is 40.6. The topological polar surface area (TPSA) is 152 Å². The minimum absolute atomic E-state index is 0.0643. The van der Waals surface area contributed by atoms with Gasteiger partial charge in [0.15, 0.2) is 0 Å². The Kier molecular flexibility index (Phi) is 17.2. The molecule has 1 heterocycles. The number of likely N-dealkylation sites (N-methyl/N-ethyl adjacent to an activating group) is 2. The second-order valence-electron chi connectivity index (χ2n) is 13.1. The van der Waals surface area contributed by atoms with Crippen molar-refractivity contribution in [1.82, 2.24) is 24.8 Å². The molecule has 49 heavy (non-hydrogen) atoms. The van der Waals surface area contributed by atoms with E-state index in [4.69, 9.17) is 6.42 Å². The lowest BCUT2D eigenvalue weighted by atomic mass is 9.82. The lowest BCUT2D eigenvalue weighted by Gasteiger charge is -2.33. The summed E-state index contributed by atoms with van der Waals surface area (Å²) >= 11 is 1.36. The minimum Gasteiger partial charge on any atom is -0.389 e. The fourth-order valence-electron chi connectivity index (χ4n) is 6.37. The third-order valence-corrected chi connectivity index (χ3v) is 12.1. The number of aromatic nitrogens is 1. The maximum atomic E-state index is 14.1. The molecule has 1 aliphatic carbocycles. The summed E-state index contributed by atoms with van der Waals surface area (Å²) in [6.45, 7) is 6.50. The van der Waals surface area contributed by atoms with Gasteiger partial charge in [-0.3, -0.25) is 9.59 Å². The zero-order valence-corrected chi connectivity index (χ0v) is 30.8. The fraction of sp³-hybridized carbons (Fsp3) is 0.639. The van der Waals surface area contributed by atoms with E-state index >= 15 is 0 Å². The standard InChI is InChI=1S/C36H55N5O6S2/c1-5-14-33(42)34(43)31(22-28-17-12-9-13-18-28)38-36(45)32(23-30-24-48-26-37-30)39-35(44)29(21-27-15-10-8-11-16-27)25-49(46,47)40(4)19-20-41(6-2)7-3/h1,8,10-11,15-16,24,26,28-29,31-34,42-43H,6-7,9,12-14,17-23,25H2,2-4H3,(H,38,45)(H,39,44)/t29?,31?,32-,33?,34+/m0/s1. The highest BCUT2D eigenvalue weighted by molar-refractivity contribution is 7.89. The summed E-state index contributed by atoms with van der Waals surface area (Å²) in [4.78, 5) is 34.5. The number of thiazole rings is 1. The van der Waals surface area contributed by atoms with Crippen molar-refractivity contribution in [3.63, 3.8) is 0 Å². The van der Waals surface area contributed by atoms with Crippen LogP contribution in [0.2, 0.25) is 0 Å². The smallest absolute Gasteiger partial charge is 0.243 e. The summed E-state index contributed by atoms with van der Waals surface area (Å²) in [6.07, 6.45) is 8.67. The molecular formula is C36H55N5O6S2. The quantitative estimate of drug-likeness (QED) is 0.144. The molecule has 1 aromatic carbocycles. The predicted octanol–water partition coefficient (Wildman–Crippen LogP) is 2.83. The van der Waals surface area contributed by atoms with Crippen LogP contribution < -0.4 is 10.6 Å². The molecule has 0 bridgehead atoms. The first-order chi connectivity index (χ1) is 23.5. The summed E-state index contributed by atoms with van der Waals surface area (Å²) in [5.74, 6) is 0.0885. The van der Waals surface area contributed by atoms with Gasteiger partial charge in [-0.05, 0) is 37.4 Å². The van der Waals surface area contributed by atoms with Crippen LogP contribution in [0, 0.1) is 24.2 Å². The van der Waals surface area contributed by atoms with Gasteiger partial charge in [0.05, 0.1) is 35.0 Å². The van der Waals surface area contributed by atoms with E-state index in [1.807, 2.05) is 44.2 Å². The highest BCUT2D eigenvalue weighted by Crippen LogP contribution is 2.29. The van der Waals surface area contributed by atoms with Gasteiger partial charge in [0.25, 0.3) is 0 Å². The van der Waals surface area contributed by atoms with Gasteiger partial charge in [-0.2, -0.15) is 0 Å². The number of carbonyl (C=O) groups is 2. The van der Waals surface area contributed by atoms with Crippen molar-refractivity contribution in [1.29, 1.82) is 0 Å². The number of sulfonamides is 1. The van der Waals surface area contributed by atoms with E-state index in [9.17, 15) is 28.2 Å². The van der Waals surface area contributed by atoms with Crippen molar-refractivity contribution >= 4 is 33.2 Å². The third-order valence-electron chi connectivity index (χ3n) is 9.51. The van der Waals surface area contributed by atoms with Crippen LogP contribution >= 0.6 is 11.3 Å². The third kappa shape index (κ3) is 13.4. The molecule has 3 unspecified atom stereocenters. The minimum atomic E-state index is -3.85. The molecule has 0 aliphatic heterocycles. The number of terminal acetylenes is 1. The Hall–Kier alpha value is -2.86. The first-order valence-electron chi connectivity index (χ1n) is 17.4. The molecule has 1 fully saturated rings. The van der Waals surface area contributed by atoms with E-state index < -0.39 is 57.8 Å². The maximum Gasteiger partial charge on any atom is 0.243 e. The summed E-state index contributed by atoms with van der Waals surface area (Å²) < 4.78 is 28.5. The second kappa shape index (κ2) is 20.7. The average molecular weight is 718 g/mol. The molecule has 272 valence electrons. The van der Waals surface area contributed by atoms with Gasteiger partial charge >= 0.3 is 0 Å². The first-order valence-corrected chi connectivity index (χ1v) is 20.0. The monoisotopic (exact) mass is 717 g/mol. The van der Waals surface area contributed by atoms with Crippen LogP contribution in [-0.4, -0.2) is 108 Å². The van der Waals surface area contributed by atoms with Crippen molar-refractivity contribution in [3.8, 4) is 12.3 Å². The molecular weight excluding hydrogens is 663 g/mol. The van der Waals surface area contributed by atoms with Gasteiger partial charge in [0.2, 0.25) is 21.8 Å². The van der Waals surface area contributed by atoms with Crippen LogP contribution in [0.5, 0.6) is 0 Å². The highest BCUT2D eigenvalue weighted by atomic mass is 32.2. The van der Waals surface area contributed by atoms with Crippen LogP contribution in [0.3, 0.4) is 0 Å². The number of hydrogen-bond donors (Lipinski definition) is 4. The molecule has 0 spiro atoms. The Morgan fingerprint density at radius 1 is 1.04 bits per heavy atom. The van der Waals surface area contributed by atoms with Crippen LogP contribution in [0.4, 0.5) is 0 Å². The van der Waals surface area contributed by atoms with Crippen molar-refractivity contribution < 1.29 is 28.2 Å². The summed E-state index contributed by atoms with van der Waals surface area (Å²) in [5.41, 5.74) is 3.02. The summed E-state index contributed by atoms with van der Waals surface area (Å²) in [6, 6.07) is 7.29. The van der Waals surface area contributed by atoms with E-state index in [2.05, 4.69) is 26.4 Å². The molecule has 1 aliphatic rings. The molecule has 3 rings (SSSR count). The number of rotatable bonds is 21. The average Bonchev–Trinajstić information content (AvgIpc) is 3.61. The Balaban J connectivity index is 1.86. The number of hydrogen-bond acceptors (Lipinski definition) is 9. The number of aliphatic hydroxyl groups is 2. The second-order valence-corrected chi connectivity index (χ2v) is 15.9. The zero-order valence-electron chi connectivity index (χ0n) is 29.2. The molecule has 5 atom stereocenters. The Morgan fingerprint density at radius 2 is 1.73 bits per heavy atom. The van der Waals surface area contributed by atoms with E-state index in [0.29, 0.717) is 18.7 Å². The van der Waals surface area contributed by atoms with Crippen LogP contribution in [0.15, 0.2) is 41.2 Å². The Labute approximate surface area is 296 Å². The number of amides is 2. The molecule has 2 aromatic rings. The zero-order chi connectivity index (χ0) is 35.8. The number of benzene rings is 1. The maximum absolute atomic E-state index is 14.1. The van der Waals surface area contributed by atoms with Crippen molar-refractivity contribution in [3.05, 3.63) is 52.5 Å². The molecule has 4 N–H and O–H groups in total. The number of nitrogens with zero attached hydrogens (tertiary/aromatic N) is 3. The van der Waals surface area contributed by atoms with Crippen molar-refractivity contribution in [2.75, 3.05) is 39.0 Å². The van der Waals surface area contributed by atoms with Crippen molar-refractivity contribution in [2.45, 2.75) is 95.9 Å². The van der Waals surface area contributed by atoms with E-state index in [-0.39, 0.29) is 31.7 Å². The van der Waals surface area contributed by atoms with Crippen LogP contribution in [0.25, 0.3) is 0 Å². The Morgan fingerprint density at radius 3 is 2.35 bits per heavy atom. The van der Waals surface area contributed by atoms with Gasteiger partial charge in [0.1, 0.15) is 12.1 Å². The predicted molar refractivity (Wildman–Crippen MR) is 194 cm³/mol. The molecule has 13 heteroatoms. The lowest BCUT2D eigenvalue weighted by Crippen LogP contribution is -2.56. The Bertz CT molecular complexity index is 1410. The highest BCUT2D eigenvalue weighted by Gasteiger charge is 2.35. The molecule has 11 nitrogen and oxygen atoms in total. The number of nitrogens with one attached hydrogen (secondary N) is 2. The number of carbonyl (C=O) groups excluding carboxylic acids is 2. The van der Waals surface area contributed by atoms with Crippen molar-refractivity contribution in [2.24, 2.45) is 11.8 Å². The van der Waals surface area contributed by atoms with E-state index in [1.54, 1.807) is 10.9 Å². The van der Waals surface area contributed by atoms with Gasteiger partial charge < -0.3 is 25.7 Å². The molecule has 2 amide bonds. The SMILES string of the molecule is C#CCC(O)[C@H](O)C(CC1CCCCC1)NC(=O)[C@H](Cc1cscn1)NC(=O)C(Cc1ccccc1)CS(=O)(=O)N(C)CCN(CC)CC. The normalized spacial score (nSPS) is 17.2. The van der Waals surface area contributed by atoms with Gasteiger partial charge in [-0.1, -0.05) is 76.3 Å². The van der Waals surface area contributed by atoms with Crippen LogP contribution in [-0.2, 0) is 32.5 Å². The van der Waals surface area contributed by atoms with E-state index in [1.165, 1.54) is 22.7 Å².